The number of hydrogen-bond donors (Lipinski definition) is 2. The summed E-state index contributed by atoms with van der Waals surface area (Å²) in [6, 6.07) is 7.16. The van der Waals surface area contributed by atoms with Crippen LogP contribution in [0.4, 0.5) is 10.5 Å². The molecule has 0 aliphatic carbocycles. The minimum absolute atomic E-state index is 0.0700. The van der Waals surface area contributed by atoms with Crippen molar-refractivity contribution in [3.05, 3.63) is 29.8 Å². The second-order valence-electron chi connectivity index (χ2n) is 6.04. The summed E-state index contributed by atoms with van der Waals surface area (Å²) < 4.78 is 31.8. The van der Waals surface area contributed by atoms with E-state index in [4.69, 9.17) is 4.74 Å². The number of para-hydroxylation sites is 1. The molecule has 0 aromatic heterocycles. The Morgan fingerprint density at radius 3 is 2.92 bits per heavy atom. The van der Waals surface area contributed by atoms with Gasteiger partial charge >= 0.3 is 6.03 Å². The van der Waals surface area contributed by atoms with E-state index in [0.717, 1.165) is 37.1 Å². The third-order valence-corrected chi connectivity index (χ3v) is 6.11. The van der Waals surface area contributed by atoms with Crippen LogP contribution in [0.25, 0.3) is 0 Å². The molecule has 132 valence electrons. The Labute approximate surface area is 142 Å². The molecule has 1 atom stereocenters. The Kier molecular flexibility index (Phi) is 5.25. The number of sulfonamides is 1. The quantitative estimate of drug-likeness (QED) is 0.794. The number of hydrogen-bond acceptors (Lipinski definition) is 4. The Bertz CT molecular complexity index is 686. The van der Waals surface area contributed by atoms with E-state index >= 15 is 0 Å². The van der Waals surface area contributed by atoms with Gasteiger partial charge in [0.15, 0.2) is 0 Å². The van der Waals surface area contributed by atoms with Crippen LogP contribution in [0.2, 0.25) is 0 Å². The SMILES string of the molecule is O=C(NCCS(=O)(=O)N1CCc2ccccc21)NCC1CCCO1. The van der Waals surface area contributed by atoms with Gasteiger partial charge in [0.1, 0.15) is 0 Å². The fourth-order valence-electron chi connectivity index (χ4n) is 3.08. The van der Waals surface area contributed by atoms with Gasteiger partial charge in [0.2, 0.25) is 10.0 Å². The topological polar surface area (TPSA) is 87.7 Å². The molecule has 3 rings (SSSR count). The number of anilines is 1. The zero-order chi connectivity index (χ0) is 17.0. The number of nitrogens with zero attached hydrogens (tertiary/aromatic N) is 1. The Hall–Kier alpha value is -1.80. The van der Waals surface area contributed by atoms with Crippen LogP contribution in [0, 0.1) is 0 Å². The summed E-state index contributed by atoms with van der Waals surface area (Å²) in [4.78, 5) is 11.7. The minimum Gasteiger partial charge on any atom is -0.376 e. The van der Waals surface area contributed by atoms with Crippen molar-refractivity contribution in [3.8, 4) is 0 Å². The van der Waals surface area contributed by atoms with Crippen LogP contribution in [0.15, 0.2) is 24.3 Å². The summed E-state index contributed by atoms with van der Waals surface area (Å²) in [5.41, 5.74) is 1.80. The molecule has 0 saturated carbocycles. The maximum absolute atomic E-state index is 12.5. The molecule has 2 amide bonds. The zero-order valence-corrected chi connectivity index (χ0v) is 14.3. The van der Waals surface area contributed by atoms with Crippen LogP contribution in [-0.2, 0) is 21.2 Å². The van der Waals surface area contributed by atoms with Gasteiger partial charge in [-0.15, -0.1) is 0 Å². The van der Waals surface area contributed by atoms with Gasteiger partial charge in [0.25, 0.3) is 0 Å². The number of urea groups is 1. The fourth-order valence-corrected chi connectivity index (χ4v) is 4.50. The van der Waals surface area contributed by atoms with Crippen molar-refractivity contribution in [2.45, 2.75) is 25.4 Å². The Balaban J connectivity index is 1.45. The predicted octanol–water partition coefficient (Wildman–Crippen LogP) is 0.857. The number of carbonyl (C=O) groups is 1. The molecule has 1 saturated heterocycles. The summed E-state index contributed by atoms with van der Waals surface area (Å²) in [7, 11) is -3.43. The van der Waals surface area contributed by atoms with Gasteiger partial charge in [-0.25, -0.2) is 13.2 Å². The van der Waals surface area contributed by atoms with E-state index in [1.807, 2.05) is 24.3 Å². The van der Waals surface area contributed by atoms with Crippen LogP contribution in [-0.4, -0.2) is 52.5 Å². The van der Waals surface area contributed by atoms with E-state index in [2.05, 4.69) is 10.6 Å². The van der Waals surface area contributed by atoms with Gasteiger partial charge in [-0.05, 0) is 30.9 Å². The van der Waals surface area contributed by atoms with Crippen molar-refractivity contribution in [2.24, 2.45) is 0 Å². The smallest absolute Gasteiger partial charge is 0.314 e. The second-order valence-corrected chi connectivity index (χ2v) is 8.05. The highest BCUT2D eigenvalue weighted by Gasteiger charge is 2.28. The first-order valence-corrected chi connectivity index (χ1v) is 9.89. The molecule has 2 heterocycles. The minimum atomic E-state index is -3.43. The molecule has 8 heteroatoms. The van der Waals surface area contributed by atoms with Crippen molar-refractivity contribution in [2.75, 3.05) is 36.3 Å². The van der Waals surface area contributed by atoms with E-state index in [1.54, 1.807) is 0 Å². The van der Waals surface area contributed by atoms with Crippen molar-refractivity contribution >= 4 is 21.7 Å². The van der Waals surface area contributed by atoms with Crippen molar-refractivity contribution in [3.63, 3.8) is 0 Å². The lowest BCUT2D eigenvalue weighted by molar-refractivity contribution is 0.111. The fraction of sp³-hybridized carbons (Fsp3) is 0.562. The maximum atomic E-state index is 12.5. The summed E-state index contributed by atoms with van der Waals surface area (Å²) in [6.07, 6.45) is 2.76. The summed E-state index contributed by atoms with van der Waals surface area (Å²) in [5.74, 6) is -0.116. The number of nitrogens with one attached hydrogen (secondary N) is 2. The summed E-state index contributed by atoms with van der Waals surface area (Å²) >= 11 is 0. The van der Waals surface area contributed by atoms with E-state index < -0.39 is 10.0 Å². The van der Waals surface area contributed by atoms with Gasteiger partial charge in [0.05, 0.1) is 17.5 Å². The molecule has 24 heavy (non-hydrogen) atoms. The first kappa shape index (κ1) is 17.0. The molecule has 2 N–H and O–H groups in total. The number of ether oxygens (including phenoxy) is 1. The molecule has 2 aliphatic rings. The predicted molar refractivity (Wildman–Crippen MR) is 91.7 cm³/mol. The van der Waals surface area contributed by atoms with Gasteiger partial charge in [-0.1, -0.05) is 18.2 Å². The van der Waals surface area contributed by atoms with Crippen LogP contribution in [0.5, 0.6) is 0 Å². The highest BCUT2D eigenvalue weighted by Crippen LogP contribution is 2.29. The number of benzene rings is 1. The number of carbonyl (C=O) groups excluding carboxylic acids is 1. The van der Waals surface area contributed by atoms with Crippen molar-refractivity contribution in [1.29, 1.82) is 0 Å². The average Bonchev–Trinajstić information content (AvgIpc) is 3.22. The number of amides is 2. The lowest BCUT2D eigenvalue weighted by Crippen LogP contribution is -2.43. The largest absolute Gasteiger partial charge is 0.376 e. The number of fused-ring (bicyclic) bond motifs is 1. The van der Waals surface area contributed by atoms with E-state index in [1.165, 1.54) is 4.31 Å². The van der Waals surface area contributed by atoms with Crippen LogP contribution >= 0.6 is 0 Å². The molecular formula is C16H23N3O4S. The highest BCUT2D eigenvalue weighted by molar-refractivity contribution is 7.92. The third kappa shape index (κ3) is 3.99. The Morgan fingerprint density at radius 1 is 1.29 bits per heavy atom. The molecular weight excluding hydrogens is 330 g/mol. The molecule has 1 aromatic carbocycles. The summed E-state index contributed by atoms with van der Waals surface area (Å²) in [6.45, 7) is 1.74. The normalized spacial score (nSPS) is 20.0. The molecule has 0 spiro atoms. The molecule has 1 aromatic rings. The number of rotatable bonds is 6. The molecule has 0 bridgehead atoms. The molecule has 0 radical (unpaired) electrons. The van der Waals surface area contributed by atoms with Gasteiger partial charge < -0.3 is 15.4 Å². The molecule has 1 unspecified atom stereocenters. The lowest BCUT2D eigenvalue weighted by Gasteiger charge is -2.19. The second kappa shape index (κ2) is 7.40. The first-order chi connectivity index (χ1) is 11.6. The van der Waals surface area contributed by atoms with Gasteiger partial charge in [0, 0.05) is 26.2 Å². The molecule has 1 fully saturated rings. The zero-order valence-electron chi connectivity index (χ0n) is 13.5. The Morgan fingerprint density at radius 2 is 2.12 bits per heavy atom. The average molecular weight is 353 g/mol. The van der Waals surface area contributed by atoms with Crippen molar-refractivity contribution < 1.29 is 17.9 Å². The lowest BCUT2D eigenvalue weighted by atomic mass is 10.2. The van der Waals surface area contributed by atoms with Crippen LogP contribution in [0.1, 0.15) is 18.4 Å². The van der Waals surface area contributed by atoms with E-state index in [-0.39, 0.29) is 24.4 Å². The highest BCUT2D eigenvalue weighted by atomic mass is 32.2. The summed E-state index contributed by atoms with van der Waals surface area (Å²) in [5, 5.41) is 5.31. The molecule has 2 aliphatic heterocycles. The van der Waals surface area contributed by atoms with Crippen molar-refractivity contribution in [1.82, 2.24) is 10.6 Å². The third-order valence-electron chi connectivity index (χ3n) is 4.34. The van der Waals surface area contributed by atoms with E-state index in [9.17, 15) is 13.2 Å². The van der Waals surface area contributed by atoms with Crippen LogP contribution in [0.3, 0.4) is 0 Å². The van der Waals surface area contributed by atoms with Gasteiger partial charge in [-0.2, -0.15) is 0 Å². The van der Waals surface area contributed by atoms with E-state index in [0.29, 0.717) is 13.1 Å². The monoisotopic (exact) mass is 353 g/mol. The first-order valence-electron chi connectivity index (χ1n) is 8.28. The van der Waals surface area contributed by atoms with Crippen LogP contribution < -0.4 is 14.9 Å². The van der Waals surface area contributed by atoms with Gasteiger partial charge in [-0.3, -0.25) is 4.31 Å². The molecule has 7 nitrogen and oxygen atoms in total. The standard InChI is InChI=1S/C16H23N3O4S/c20-16(18-12-14-5-3-10-23-14)17-8-11-24(21,22)19-9-7-13-4-1-2-6-15(13)19/h1-2,4,6,14H,3,5,7-12H2,(H2,17,18,20). The maximum Gasteiger partial charge on any atom is 0.314 e.